The van der Waals surface area contributed by atoms with E-state index in [0.717, 1.165) is 7.12 Å². The number of hydrogen-bond acceptors (Lipinski definition) is 3. The molecule has 12 heavy (non-hydrogen) atoms. The standard InChI is InChI=1S/C7H18INO3/c1-9(3-6-11,4-7-12)8-2-5-10/h10-12H,2-7H2,1H3. The van der Waals surface area contributed by atoms with E-state index in [-0.39, 0.29) is 41.3 Å². The number of halogens is 1. The first-order valence-electron chi connectivity index (χ1n) is 3.96. The van der Waals surface area contributed by atoms with Crippen LogP contribution in [0.3, 0.4) is 0 Å². The molecule has 0 heterocycles. The molecular weight excluding hydrogens is 273 g/mol. The zero-order valence-electron chi connectivity index (χ0n) is 7.41. The number of aliphatic hydroxyl groups is 3. The van der Waals surface area contributed by atoms with Gasteiger partial charge in [0, 0.05) is 0 Å². The van der Waals surface area contributed by atoms with E-state index >= 15 is 0 Å². The van der Waals surface area contributed by atoms with Crippen LogP contribution in [0.1, 0.15) is 0 Å². The SMILES string of the molecule is C[N+](CCO)(CCO)[I-]CCO. The van der Waals surface area contributed by atoms with Crippen molar-refractivity contribution in [2.45, 2.75) is 0 Å². The van der Waals surface area contributed by atoms with Crippen molar-refractivity contribution in [3.05, 3.63) is 0 Å². The summed E-state index contributed by atoms with van der Waals surface area (Å²) >= 11 is -0.170. The van der Waals surface area contributed by atoms with Crippen molar-refractivity contribution in [2.75, 3.05) is 44.4 Å². The molecule has 4 nitrogen and oxygen atoms in total. The van der Waals surface area contributed by atoms with Crippen LogP contribution in [-0.4, -0.2) is 62.4 Å². The Labute approximate surface area is 84.0 Å². The zero-order chi connectivity index (χ0) is 9.45. The fourth-order valence-corrected chi connectivity index (χ4v) is 3.38. The quantitative estimate of drug-likeness (QED) is 0.251. The summed E-state index contributed by atoms with van der Waals surface area (Å²) in [6.07, 6.45) is 0. The van der Waals surface area contributed by atoms with Gasteiger partial charge in [-0.1, -0.05) is 0 Å². The molecule has 0 aliphatic heterocycles. The third-order valence-corrected chi connectivity index (χ3v) is 5.17. The molecule has 0 fully saturated rings. The molecule has 0 saturated carbocycles. The molecule has 0 aromatic carbocycles. The van der Waals surface area contributed by atoms with Gasteiger partial charge in [-0.25, -0.2) is 0 Å². The first kappa shape index (κ1) is 12.6. The van der Waals surface area contributed by atoms with Crippen LogP contribution in [0.4, 0.5) is 0 Å². The summed E-state index contributed by atoms with van der Waals surface area (Å²) in [4.78, 5) is 0. The van der Waals surface area contributed by atoms with Gasteiger partial charge in [-0.3, -0.25) is 0 Å². The van der Waals surface area contributed by atoms with E-state index in [1.807, 2.05) is 7.05 Å². The molecule has 0 spiro atoms. The van der Waals surface area contributed by atoms with Crippen molar-refractivity contribution in [3.8, 4) is 0 Å². The summed E-state index contributed by atoms with van der Waals surface area (Å²) in [7, 11) is 2.02. The average molecular weight is 291 g/mol. The molecule has 5 heteroatoms. The summed E-state index contributed by atoms with van der Waals surface area (Å²) in [6.45, 7) is 1.91. The Morgan fingerprint density at radius 3 is 1.83 bits per heavy atom. The molecule has 0 amide bonds. The Kier molecular flexibility index (Phi) is 7.35. The summed E-state index contributed by atoms with van der Waals surface area (Å²) in [5.74, 6) is 0. The van der Waals surface area contributed by atoms with E-state index < -0.39 is 0 Å². The summed E-state index contributed by atoms with van der Waals surface area (Å²) < 4.78 is 1.57. The van der Waals surface area contributed by atoms with Crippen LogP contribution in [0.25, 0.3) is 0 Å². The maximum atomic E-state index is 8.79. The van der Waals surface area contributed by atoms with Crippen molar-refractivity contribution in [1.29, 1.82) is 0 Å². The van der Waals surface area contributed by atoms with E-state index in [9.17, 15) is 0 Å². The van der Waals surface area contributed by atoms with Crippen LogP contribution in [0, 0.1) is 0 Å². The second-order valence-corrected chi connectivity index (χ2v) is 6.78. The van der Waals surface area contributed by atoms with Crippen molar-refractivity contribution < 1.29 is 39.5 Å². The minimum absolute atomic E-state index is 0.154. The zero-order valence-corrected chi connectivity index (χ0v) is 9.57. The molecule has 0 aliphatic carbocycles. The molecule has 0 radical (unpaired) electrons. The fraction of sp³-hybridized carbons (Fsp3) is 1.00. The Bertz CT molecular complexity index is 107. The predicted molar refractivity (Wildman–Crippen MR) is 42.0 cm³/mol. The van der Waals surface area contributed by atoms with Gasteiger partial charge in [0.2, 0.25) is 0 Å². The molecule has 0 unspecified atom stereocenters. The van der Waals surface area contributed by atoms with Crippen molar-refractivity contribution in [2.24, 2.45) is 0 Å². The van der Waals surface area contributed by atoms with Crippen molar-refractivity contribution in [1.82, 2.24) is 0 Å². The summed E-state index contributed by atoms with van der Waals surface area (Å²) in [5, 5.41) is 26.2. The van der Waals surface area contributed by atoms with E-state index in [0.29, 0.717) is 13.1 Å². The van der Waals surface area contributed by atoms with Crippen molar-refractivity contribution in [3.63, 3.8) is 0 Å². The van der Waals surface area contributed by atoms with Gasteiger partial charge < -0.3 is 0 Å². The number of alkyl halides is 1. The third-order valence-electron chi connectivity index (χ3n) is 1.59. The van der Waals surface area contributed by atoms with E-state index in [2.05, 4.69) is 0 Å². The van der Waals surface area contributed by atoms with Crippen molar-refractivity contribution >= 4 is 0 Å². The van der Waals surface area contributed by atoms with E-state index in [1.54, 1.807) is 0 Å². The van der Waals surface area contributed by atoms with Crippen LogP contribution < -0.4 is 21.5 Å². The van der Waals surface area contributed by atoms with E-state index in [4.69, 9.17) is 15.3 Å². The molecule has 0 aliphatic rings. The van der Waals surface area contributed by atoms with Crippen LogP contribution >= 0.6 is 0 Å². The molecule has 0 rings (SSSR count). The van der Waals surface area contributed by atoms with Gasteiger partial charge in [0.15, 0.2) is 0 Å². The monoisotopic (exact) mass is 291 g/mol. The van der Waals surface area contributed by atoms with Crippen LogP contribution in [0.15, 0.2) is 0 Å². The number of rotatable bonds is 7. The minimum atomic E-state index is -0.170. The van der Waals surface area contributed by atoms with Crippen LogP contribution in [0.5, 0.6) is 0 Å². The molecule has 0 aromatic rings. The third kappa shape index (κ3) is 5.26. The number of quaternary nitrogens is 1. The Hall–Kier alpha value is 0.570. The number of aliphatic hydroxyl groups excluding tert-OH is 3. The average Bonchev–Trinajstić information content (AvgIpc) is 2.02. The topological polar surface area (TPSA) is 60.7 Å². The van der Waals surface area contributed by atoms with Gasteiger partial charge in [-0.15, -0.1) is 0 Å². The first-order chi connectivity index (χ1) is 5.68. The van der Waals surface area contributed by atoms with Crippen LogP contribution in [0.2, 0.25) is 0 Å². The molecule has 3 N–H and O–H groups in total. The van der Waals surface area contributed by atoms with Gasteiger partial charge in [-0.05, 0) is 0 Å². The second-order valence-electron chi connectivity index (χ2n) is 2.69. The molecule has 76 valence electrons. The molecule has 0 aromatic heterocycles. The molecule has 0 atom stereocenters. The van der Waals surface area contributed by atoms with Gasteiger partial charge in [0.25, 0.3) is 0 Å². The Balaban J connectivity index is 3.80. The number of nitrogens with zero attached hydrogens (tertiary/aromatic N) is 1. The second kappa shape index (κ2) is 7.02. The molecule has 0 bridgehead atoms. The Morgan fingerprint density at radius 1 is 1.00 bits per heavy atom. The number of likely N-dealkylation sites (N-methyl/N-ethyl adjacent to an activating group) is 1. The predicted octanol–water partition coefficient (Wildman–Crippen LogP) is -4.59. The van der Waals surface area contributed by atoms with Crippen LogP contribution in [-0.2, 0) is 0 Å². The van der Waals surface area contributed by atoms with Gasteiger partial charge >= 0.3 is 83.9 Å². The number of hydrogen-bond donors (Lipinski definition) is 3. The Morgan fingerprint density at radius 2 is 1.50 bits per heavy atom. The summed E-state index contributed by atoms with van der Waals surface area (Å²) in [6, 6.07) is 0. The van der Waals surface area contributed by atoms with Gasteiger partial charge in [0.05, 0.1) is 0 Å². The first-order valence-corrected chi connectivity index (χ1v) is 6.46. The van der Waals surface area contributed by atoms with E-state index in [1.165, 1.54) is 0 Å². The fourth-order valence-electron chi connectivity index (χ4n) is 0.890. The maximum absolute atomic E-state index is 8.79. The summed E-state index contributed by atoms with van der Waals surface area (Å²) in [5.41, 5.74) is 0. The molecular formula is C7H18INO3. The van der Waals surface area contributed by atoms with Gasteiger partial charge in [-0.2, -0.15) is 0 Å². The van der Waals surface area contributed by atoms with Gasteiger partial charge in [0.1, 0.15) is 0 Å². The normalized spacial score (nSPS) is 12.3. The molecule has 0 saturated heterocycles.